The molecule has 0 spiro atoms. The smallest absolute Gasteiger partial charge is 0.0547 e. The first-order chi connectivity index (χ1) is 9.54. The standard InChI is InChI=1S/C17H29N3/c1-13(2)18-11-16-6-5-7-17(19-16)12-20-9-8-14(3)10-15(20)4/h5-7,13-15,18H,8-12H2,1-4H3. The van der Waals surface area contributed by atoms with Gasteiger partial charge >= 0.3 is 0 Å². The number of rotatable bonds is 5. The van der Waals surface area contributed by atoms with Gasteiger partial charge in [0.15, 0.2) is 0 Å². The third-order valence-electron chi connectivity index (χ3n) is 4.20. The zero-order valence-corrected chi connectivity index (χ0v) is 13.4. The van der Waals surface area contributed by atoms with E-state index in [0.717, 1.165) is 24.7 Å². The van der Waals surface area contributed by atoms with Crippen LogP contribution in [0.4, 0.5) is 0 Å². The van der Waals surface area contributed by atoms with Crippen LogP contribution in [0.3, 0.4) is 0 Å². The first kappa shape index (κ1) is 15.5. The lowest BCUT2D eigenvalue weighted by Crippen LogP contribution is -2.39. The van der Waals surface area contributed by atoms with E-state index in [2.05, 4.69) is 56.1 Å². The predicted octanol–water partition coefficient (Wildman–Crippen LogP) is 3.20. The van der Waals surface area contributed by atoms with E-state index in [1.54, 1.807) is 0 Å². The van der Waals surface area contributed by atoms with Crippen LogP contribution in [0.25, 0.3) is 0 Å². The van der Waals surface area contributed by atoms with Gasteiger partial charge in [-0.3, -0.25) is 9.88 Å². The van der Waals surface area contributed by atoms with Gasteiger partial charge in [0, 0.05) is 25.2 Å². The molecule has 2 atom stereocenters. The van der Waals surface area contributed by atoms with E-state index in [-0.39, 0.29) is 0 Å². The second-order valence-electron chi connectivity index (χ2n) is 6.60. The van der Waals surface area contributed by atoms with Gasteiger partial charge in [-0.05, 0) is 44.4 Å². The number of hydrogen-bond acceptors (Lipinski definition) is 3. The highest BCUT2D eigenvalue weighted by atomic mass is 15.2. The summed E-state index contributed by atoms with van der Waals surface area (Å²) in [4.78, 5) is 7.36. The van der Waals surface area contributed by atoms with Crippen molar-refractivity contribution >= 4 is 0 Å². The molecule has 1 aliphatic rings. The maximum atomic E-state index is 4.79. The topological polar surface area (TPSA) is 28.2 Å². The summed E-state index contributed by atoms with van der Waals surface area (Å²) in [5.74, 6) is 0.871. The van der Waals surface area contributed by atoms with Crippen LogP contribution in [-0.4, -0.2) is 28.5 Å². The summed E-state index contributed by atoms with van der Waals surface area (Å²) in [5.41, 5.74) is 2.35. The third kappa shape index (κ3) is 4.57. The number of aromatic nitrogens is 1. The lowest BCUT2D eigenvalue weighted by molar-refractivity contribution is 0.120. The Balaban J connectivity index is 1.93. The molecule has 1 aromatic heterocycles. The largest absolute Gasteiger partial charge is 0.309 e. The molecule has 0 aromatic carbocycles. The molecule has 1 aromatic rings. The molecule has 0 amide bonds. The van der Waals surface area contributed by atoms with Gasteiger partial charge in [-0.15, -0.1) is 0 Å². The van der Waals surface area contributed by atoms with Gasteiger partial charge in [0.05, 0.1) is 11.4 Å². The van der Waals surface area contributed by atoms with Gasteiger partial charge in [-0.2, -0.15) is 0 Å². The SMILES string of the molecule is CC1CCN(Cc2cccc(CNC(C)C)n2)C(C)C1. The molecular weight excluding hydrogens is 246 g/mol. The van der Waals surface area contributed by atoms with Gasteiger partial charge in [-0.25, -0.2) is 0 Å². The Morgan fingerprint density at radius 2 is 2.05 bits per heavy atom. The zero-order chi connectivity index (χ0) is 14.5. The van der Waals surface area contributed by atoms with Crippen molar-refractivity contribution in [3.8, 4) is 0 Å². The van der Waals surface area contributed by atoms with Gasteiger partial charge in [0.2, 0.25) is 0 Å². The van der Waals surface area contributed by atoms with Crippen molar-refractivity contribution in [3.63, 3.8) is 0 Å². The maximum Gasteiger partial charge on any atom is 0.0547 e. The van der Waals surface area contributed by atoms with Gasteiger partial charge < -0.3 is 5.32 Å². The molecule has 1 saturated heterocycles. The molecule has 0 saturated carbocycles. The fraction of sp³-hybridized carbons (Fsp3) is 0.706. The number of hydrogen-bond donors (Lipinski definition) is 1. The third-order valence-corrected chi connectivity index (χ3v) is 4.20. The minimum atomic E-state index is 0.504. The van der Waals surface area contributed by atoms with E-state index in [1.807, 2.05) is 0 Å². The van der Waals surface area contributed by atoms with Gasteiger partial charge in [0.25, 0.3) is 0 Å². The minimum absolute atomic E-state index is 0.504. The molecule has 0 radical (unpaired) electrons. The number of pyridine rings is 1. The van der Waals surface area contributed by atoms with Crippen molar-refractivity contribution in [2.24, 2.45) is 5.92 Å². The van der Waals surface area contributed by atoms with E-state index in [4.69, 9.17) is 4.98 Å². The molecule has 1 aliphatic heterocycles. The highest BCUT2D eigenvalue weighted by Crippen LogP contribution is 2.23. The Kier molecular flexibility index (Phi) is 5.55. The summed E-state index contributed by atoms with van der Waals surface area (Å²) in [7, 11) is 0. The number of piperidine rings is 1. The van der Waals surface area contributed by atoms with E-state index in [9.17, 15) is 0 Å². The van der Waals surface area contributed by atoms with Crippen LogP contribution in [0.5, 0.6) is 0 Å². The summed E-state index contributed by atoms with van der Waals surface area (Å²) >= 11 is 0. The lowest BCUT2D eigenvalue weighted by atomic mass is 9.93. The highest BCUT2D eigenvalue weighted by Gasteiger charge is 2.22. The summed E-state index contributed by atoms with van der Waals surface area (Å²) in [6.45, 7) is 12.1. The van der Waals surface area contributed by atoms with Crippen LogP contribution in [0.2, 0.25) is 0 Å². The Hall–Kier alpha value is -0.930. The Morgan fingerprint density at radius 1 is 1.30 bits per heavy atom. The summed E-state index contributed by atoms with van der Waals surface area (Å²) in [6, 6.07) is 7.59. The average molecular weight is 275 g/mol. The van der Waals surface area contributed by atoms with Crippen molar-refractivity contribution in [2.75, 3.05) is 6.54 Å². The summed E-state index contributed by atoms with van der Waals surface area (Å²) in [5, 5.41) is 3.43. The van der Waals surface area contributed by atoms with Crippen molar-refractivity contribution in [1.82, 2.24) is 15.2 Å². The minimum Gasteiger partial charge on any atom is -0.309 e. The normalized spacial score (nSPS) is 24.2. The molecule has 1 fully saturated rings. The molecule has 0 bridgehead atoms. The van der Waals surface area contributed by atoms with E-state index in [0.29, 0.717) is 12.1 Å². The maximum absolute atomic E-state index is 4.79. The molecule has 2 heterocycles. The Morgan fingerprint density at radius 3 is 2.75 bits per heavy atom. The molecular formula is C17H29N3. The average Bonchev–Trinajstić information content (AvgIpc) is 2.40. The molecule has 3 nitrogen and oxygen atoms in total. The monoisotopic (exact) mass is 275 g/mol. The van der Waals surface area contributed by atoms with Crippen LogP contribution >= 0.6 is 0 Å². The molecule has 20 heavy (non-hydrogen) atoms. The zero-order valence-electron chi connectivity index (χ0n) is 13.4. The van der Waals surface area contributed by atoms with E-state index >= 15 is 0 Å². The van der Waals surface area contributed by atoms with Crippen LogP contribution in [-0.2, 0) is 13.1 Å². The molecule has 2 unspecified atom stereocenters. The second kappa shape index (κ2) is 7.19. The van der Waals surface area contributed by atoms with E-state index < -0.39 is 0 Å². The first-order valence-electron chi connectivity index (χ1n) is 7.97. The predicted molar refractivity (Wildman–Crippen MR) is 84.5 cm³/mol. The number of nitrogens with one attached hydrogen (secondary N) is 1. The van der Waals surface area contributed by atoms with E-state index in [1.165, 1.54) is 25.1 Å². The summed E-state index contributed by atoms with van der Waals surface area (Å²) in [6.07, 6.45) is 2.63. The van der Waals surface area contributed by atoms with Gasteiger partial charge in [0.1, 0.15) is 0 Å². The van der Waals surface area contributed by atoms with Gasteiger partial charge in [-0.1, -0.05) is 26.8 Å². The van der Waals surface area contributed by atoms with Crippen LogP contribution in [0.15, 0.2) is 18.2 Å². The van der Waals surface area contributed by atoms with Crippen LogP contribution < -0.4 is 5.32 Å². The number of nitrogens with zero attached hydrogens (tertiary/aromatic N) is 2. The Labute approximate surface area is 123 Å². The van der Waals surface area contributed by atoms with Crippen LogP contribution in [0.1, 0.15) is 51.9 Å². The van der Waals surface area contributed by atoms with Crippen LogP contribution in [0, 0.1) is 5.92 Å². The second-order valence-corrected chi connectivity index (χ2v) is 6.60. The summed E-state index contributed by atoms with van der Waals surface area (Å²) < 4.78 is 0. The highest BCUT2D eigenvalue weighted by molar-refractivity contribution is 5.11. The molecule has 0 aliphatic carbocycles. The molecule has 2 rings (SSSR count). The van der Waals surface area contributed by atoms with Crippen molar-refractivity contribution < 1.29 is 0 Å². The van der Waals surface area contributed by atoms with Crippen molar-refractivity contribution in [3.05, 3.63) is 29.6 Å². The number of likely N-dealkylation sites (tertiary alicyclic amines) is 1. The molecule has 1 N–H and O–H groups in total. The Bertz CT molecular complexity index is 416. The van der Waals surface area contributed by atoms with Crippen molar-refractivity contribution in [1.29, 1.82) is 0 Å². The quantitative estimate of drug-likeness (QED) is 0.894. The fourth-order valence-corrected chi connectivity index (χ4v) is 2.92. The molecule has 112 valence electrons. The lowest BCUT2D eigenvalue weighted by Gasteiger charge is -2.36. The van der Waals surface area contributed by atoms with Crippen molar-refractivity contribution in [2.45, 2.75) is 65.7 Å². The first-order valence-corrected chi connectivity index (χ1v) is 7.97. The fourth-order valence-electron chi connectivity index (χ4n) is 2.92. The molecule has 3 heteroatoms.